The first-order valence-corrected chi connectivity index (χ1v) is 9.54. The maximum Gasteiger partial charge on any atom is 0.433 e. The summed E-state index contributed by atoms with van der Waals surface area (Å²) in [5, 5.41) is 4.40. The van der Waals surface area contributed by atoms with E-state index in [0.717, 1.165) is 12.1 Å². The van der Waals surface area contributed by atoms with Crippen LogP contribution in [-0.4, -0.2) is 27.6 Å². The molecule has 0 aliphatic carbocycles. The average Bonchev–Trinajstić information content (AvgIpc) is 3.14. The zero-order valence-electron chi connectivity index (χ0n) is 17.2. The quantitative estimate of drug-likeness (QED) is 0.442. The molecule has 4 aromatic rings. The van der Waals surface area contributed by atoms with Gasteiger partial charge in [0.1, 0.15) is 22.8 Å². The molecule has 7 nitrogen and oxygen atoms in total. The second kappa shape index (κ2) is 8.08. The van der Waals surface area contributed by atoms with Crippen molar-refractivity contribution in [2.45, 2.75) is 13.1 Å². The number of aromatic nitrogens is 3. The molecule has 0 unspecified atom stereocenters. The smallest absolute Gasteiger partial charge is 0.433 e. The highest BCUT2D eigenvalue weighted by atomic mass is 19.4. The van der Waals surface area contributed by atoms with Crippen LogP contribution in [0.2, 0.25) is 0 Å². The normalized spacial score (nSPS) is 11.6. The number of nitrogens with one attached hydrogen (secondary N) is 2. The van der Waals surface area contributed by atoms with E-state index in [-0.39, 0.29) is 33.9 Å². The molecule has 33 heavy (non-hydrogen) atoms. The Morgan fingerprint density at radius 1 is 1.15 bits per heavy atom. The standard InChI is InChI=1S/C22H16F4N4O3/c1-11-16(20(31)28-14-8-13(23)9-15(10-14)33-2)21(32)30-19(27-11)17(12-6-4-3-5-7-12)18(29-30)22(24,25)26/h3-10,29H,1-2H3,(H,28,31). The van der Waals surface area contributed by atoms with Gasteiger partial charge < -0.3 is 10.1 Å². The minimum atomic E-state index is -4.82. The van der Waals surface area contributed by atoms with Gasteiger partial charge in [-0.15, -0.1) is 0 Å². The number of carbonyl (C=O) groups is 1. The molecule has 170 valence electrons. The van der Waals surface area contributed by atoms with Gasteiger partial charge in [0, 0.05) is 17.8 Å². The Kier molecular flexibility index (Phi) is 5.40. The van der Waals surface area contributed by atoms with Crippen LogP contribution in [0.5, 0.6) is 5.75 Å². The molecular formula is C22H16F4N4O3. The maximum atomic E-state index is 13.8. The first-order valence-electron chi connectivity index (χ1n) is 9.54. The lowest BCUT2D eigenvalue weighted by atomic mass is 10.1. The lowest BCUT2D eigenvalue weighted by Crippen LogP contribution is -2.29. The van der Waals surface area contributed by atoms with Gasteiger partial charge in [-0.3, -0.25) is 14.7 Å². The molecule has 0 saturated carbocycles. The summed E-state index contributed by atoms with van der Waals surface area (Å²) in [5.41, 5.74) is -3.20. The maximum absolute atomic E-state index is 13.8. The average molecular weight is 460 g/mol. The number of aromatic amines is 1. The van der Waals surface area contributed by atoms with E-state index in [1.54, 1.807) is 18.2 Å². The summed E-state index contributed by atoms with van der Waals surface area (Å²) in [5.74, 6) is -1.53. The summed E-state index contributed by atoms with van der Waals surface area (Å²) in [6.45, 7) is 1.33. The molecule has 0 aliphatic rings. The van der Waals surface area contributed by atoms with Gasteiger partial charge in [0.05, 0.1) is 18.4 Å². The Bertz CT molecular complexity index is 1430. The first-order chi connectivity index (χ1) is 15.6. The monoisotopic (exact) mass is 460 g/mol. The molecule has 4 rings (SSSR count). The zero-order chi connectivity index (χ0) is 23.9. The Morgan fingerprint density at radius 3 is 2.48 bits per heavy atom. The number of alkyl halides is 3. The summed E-state index contributed by atoms with van der Waals surface area (Å²) >= 11 is 0. The number of aryl methyl sites for hydroxylation is 1. The summed E-state index contributed by atoms with van der Waals surface area (Å²) < 4.78 is 60.5. The molecule has 2 N–H and O–H groups in total. The number of H-pyrrole nitrogens is 1. The number of methoxy groups -OCH3 is 1. The van der Waals surface area contributed by atoms with Crippen LogP contribution in [0.4, 0.5) is 23.2 Å². The van der Waals surface area contributed by atoms with E-state index >= 15 is 0 Å². The number of hydrogen-bond acceptors (Lipinski definition) is 4. The number of halogens is 4. The molecular weight excluding hydrogens is 444 g/mol. The summed E-state index contributed by atoms with van der Waals surface area (Å²) in [6.07, 6.45) is -4.82. The van der Waals surface area contributed by atoms with E-state index < -0.39 is 34.7 Å². The molecule has 0 bridgehead atoms. The Hall–Kier alpha value is -4.15. The fraction of sp³-hybridized carbons (Fsp3) is 0.136. The second-order valence-electron chi connectivity index (χ2n) is 7.10. The predicted molar refractivity (Wildman–Crippen MR) is 112 cm³/mol. The van der Waals surface area contributed by atoms with Crippen LogP contribution < -0.4 is 15.6 Å². The molecule has 0 atom stereocenters. The number of carbonyl (C=O) groups excluding carboxylic acids is 1. The minimum absolute atomic E-state index is 0.00631. The molecule has 2 aromatic heterocycles. The third kappa shape index (κ3) is 4.04. The van der Waals surface area contributed by atoms with E-state index in [1.165, 1.54) is 32.2 Å². The van der Waals surface area contributed by atoms with Crippen molar-refractivity contribution < 1.29 is 27.1 Å². The molecule has 11 heteroatoms. The van der Waals surface area contributed by atoms with Gasteiger partial charge in [0.15, 0.2) is 5.65 Å². The van der Waals surface area contributed by atoms with Crippen LogP contribution in [0.1, 0.15) is 21.7 Å². The van der Waals surface area contributed by atoms with Gasteiger partial charge >= 0.3 is 6.18 Å². The predicted octanol–water partition coefficient (Wildman–Crippen LogP) is 4.42. The lowest BCUT2D eigenvalue weighted by Gasteiger charge is -2.09. The third-order valence-electron chi connectivity index (χ3n) is 4.90. The van der Waals surface area contributed by atoms with Gasteiger partial charge in [0.25, 0.3) is 11.5 Å². The highest BCUT2D eigenvalue weighted by Crippen LogP contribution is 2.38. The van der Waals surface area contributed by atoms with Crippen molar-refractivity contribution in [3.63, 3.8) is 0 Å². The van der Waals surface area contributed by atoms with Crippen LogP contribution in [0.3, 0.4) is 0 Å². The molecule has 0 aliphatic heterocycles. The molecule has 0 fully saturated rings. The molecule has 1 amide bonds. The van der Waals surface area contributed by atoms with Gasteiger partial charge in [-0.2, -0.15) is 17.7 Å². The summed E-state index contributed by atoms with van der Waals surface area (Å²) in [7, 11) is 1.31. The minimum Gasteiger partial charge on any atom is -0.497 e. The summed E-state index contributed by atoms with van der Waals surface area (Å²) in [4.78, 5) is 30.0. The van der Waals surface area contributed by atoms with Gasteiger partial charge in [-0.25, -0.2) is 9.37 Å². The number of hydrogen-bond donors (Lipinski definition) is 2. The Morgan fingerprint density at radius 2 is 1.85 bits per heavy atom. The van der Waals surface area contributed by atoms with Crippen LogP contribution in [0.15, 0.2) is 53.3 Å². The number of anilines is 1. The summed E-state index contributed by atoms with van der Waals surface area (Å²) in [6, 6.07) is 11.1. The fourth-order valence-electron chi connectivity index (χ4n) is 3.47. The number of fused-ring (bicyclic) bond motifs is 1. The molecule has 2 aromatic carbocycles. The SMILES string of the molecule is COc1cc(F)cc(NC(=O)c2c(C)nc3c(-c4ccccc4)c(C(F)(F)F)[nH]n3c2=O)c1. The second-order valence-corrected chi connectivity index (χ2v) is 7.10. The first kappa shape index (κ1) is 22.1. The molecule has 2 heterocycles. The third-order valence-corrected chi connectivity index (χ3v) is 4.90. The Labute approximate surface area is 183 Å². The van der Waals surface area contributed by atoms with Gasteiger partial charge in [-0.05, 0) is 18.6 Å². The van der Waals surface area contributed by atoms with Gasteiger partial charge in [0.2, 0.25) is 0 Å². The van der Waals surface area contributed by atoms with E-state index in [4.69, 9.17) is 4.74 Å². The van der Waals surface area contributed by atoms with E-state index in [1.807, 2.05) is 5.10 Å². The fourth-order valence-corrected chi connectivity index (χ4v) is 3.47. The number of nitrogens with zero attached hydrogens (tertiary/aromatic N) is 2. The highest BCUT2D eigenvalue weighted by Gasteiger charge is 2.38. The van der Waals surface area contributed by atoms with Gasteiger partial charge in [-0.1, -0.05) is 30.3 Å². The van der Waals surface area contributed by atoms with Crippen molar-refractivity contribution in [3.05, 3.63) is 81.7 Å². The van der Waals surface area contributed by atoms with Crippen molar-refractivity contribution >= 4 is 17.2 Å². The number of rotatable bonds is 4. The molecule has 0 radical (unpaired) electrons. The van der Waals surface area contributed by atoms with Crippen molar-refractivity contribution in [1.82, 2.24) is 14.6 Å². The largest absolute Gasteiger partial charge is 0.497 e. The lowest BCUT2D eigenvalue weighted by molar-refractivity contribution is -0.140. The molecule has 0 spiro atoms. The van der Waals surface area contributed by atoms with Crippen LogP contribution >= 0.6 is 0 Å². The van der Waals surface area contributed by atoms with Crippen molar-refractivity contribution in [2.24, 2.45) is 0 Å². The van der Waals surface area contributed by atoms with Crippen LogP contribution in [0, 0.1) is 12.7 Å². The van der Waals surface area contributed by atoms with Crippen LogP contribution in [-0.2, 0) is 6.18 Å². The number of ether oxygens (including phenoxy) is 1. The van der Waals surface area contributed by atoms with Crippen molar-refractivity contribution in [1.29, 1.82) is 0 Å². The van der Waals surface area contributed by atoms with Crippen LogP contribution in [0.25, 0.3) is 16.8 Å². The number of benzene rings is 2. The van der Waals surface area contributed by atoms with E-state index in [0.29, 0.717) is 4.52 Å². The van der Waals surface area contributed by atoms with E-state index in [9.17, 15) is 27.2 Å². The Balaban J connectivity index is 1.88. The highest BCUT2D eigenvalue weighted by molar-refractivity contribution is 6.05. The van der Waals surface area contributed by atoms with Crippen molar-refractivity contribution in [3.8, 4) is 16.9 Å². The van der Waals surface area contributed by atoms with Crippen molar-refractivity contribution in [2.75, 3.05) is 12.4 Å². The zero-order valence-corrected chi connectivity index (χ0v) is 17.2. The van der Waals surface area contributed by atoms with E-state index in [2.05, 4.69) is 10.3 Å². The topological polar surface area (TPSA) is 88.5 Å². The molecule has 0 saturated heterocycles. The number of amides is 1.